The zero-order valence-electron chi connectivity index (χ0n) is 59.5. The first-order valence-corrected chi connectivity index (χ1v) is 40.3. The highest BCUT2D eigenvalue weighted by Gasteiger charge is 2.30. The van der Waals surface area contributed by atoms with Crippen LogP contribution in [0.4, 0.5) is 0 Å². The van der Waals surface area contributed by atoms with Crippen molar-refractivity contribution in [1.82, 2.24) is 0 Å². The molecule has 0 aromatic rings. The highest BCUT2D eigenvalue weighted by Crippen LogP contribution is 2.45. The summed E-state index contributed by atoms with van der Waals surface area (Å²) in [5.41, 5.74) is 0. The molecule has 91 heavy (non-hydrogen) atoms. The van der Waals surface area contributed by atoms with Crippen molar-refractivity contribution in [1.29, 1.82) is 0 Å². The Labute approximate surface area is 556 Å². The van der Waals surface area contributed by atoms with E-state index < -0.39 is 97.5 Å². The van der Waals surface area contributed by atoms with E-state index in [-0.39, 0.29) is 25.7 Å². The minimum atomic E-state index is -4.95. The molecule has 0 aromatic carbocycles. The van der Waals surface area contributed by atoms with E-state index in [9.17, 15) is 43.2 Å². The van der Waals surface area contributed by atoms with Crippen molar-refractivity contribution >= 4 is 39.5 Å². The normalized spacial score (nSPS) is 14.8. The summed E-state index contributed by atoms with van der Waals surface area (Å²) in [4.78, 5) is 72.6. The average Bonchev–Trinajstić information content (AvgIpc) is 3.62. The van der Waals surface area contributed by atoms with Gasteiger partial charge in [-0.1, -0.05) is 306 Å². The average molecular weight is 1340 g/mol. The molecule has 17 nitrogen and oxygen atoms in total. The lowest BCUT2D eigenvalue weighted by atomic mass is 9.99. The molecule has 0 aliphatic carbocycles. The summed E-state index contributed by atoms with van der Waals surface area (Å²) in [5.74, 6) is 0.895. The number of aliphatic hydroxyl groups is 1. The summed E-state index contributed by atoms with van der Waals surface area (Å²) in [6.45, 7) is 14.1. The van der Waals surface area contributed by atoms with E-state index in [1.54, 1.807) is 0 Å². The fourth-order valence-electron chi connectivity index (χ4n) is 10.8. The summed E-state index contributed by atoms with van der Waals surface area (Å²) in [7, 11) is -9.91. The fourth-order valence-corrected chi connectivity index (χ4v) is 12.4. The molecular weight excluding hydrogens is 1200 g/mol. The molecule has 0 amide bonds. The van der Waals surface area contributed by atoms with Crippen LogP contribution in [0.2, 0.25) is 0 Å². The number of phosphoric ester groups is 2. The van der Waals surface area contributed by atoms with E-state index in [0.717, 1.165) is 120 Å². The monoisotopic (exact) mass is 1340 g/mol. The van der Waals surface area contributed by atoms with Crippen molar-refractivity contribution in [2.75, 3.05) is 39.6 Å². The quantitative estimate of drug-likeness (QED) is 0.0222. The van der Waals surface area contributed by atoms with Gasteiger partial charge >= 0.3 is 39.5 Å². The van der Waals surface area contributed by atoms with Crippen LogP contribution in [0, 0.1) is 23.7 Å². The van der Waals surface area contributed by atoms with Gasteiger partial charge in [0.05, 0.1) is 26.4 Å². The fraction of sp³-hybridized carbons (Fsp3) is 0.944. The molecule has 0 saturated heterocycles. The van der Waals surface area contributed by atoms with Gasteiger partial charge in [0.15, 0.2) is 12.2 Å². The molecule has 0 rings (SSSR count). The predicted molar refractivity (Wildman–Crippen MR) is 367 cm³/mol. The van der Waals surface area contributed by atoms with Crippen molar-refractivity contribution in [2.24, 2.45) is 23.7 Å². The van der Waals surface area contributed by atoms with Gasteiger partial charge in [0, 0.05) is 25.7 Å². The van der Waals surface area contributed by atoms with Crippen LogP contribution in [0.1, 0.15) is 357 Å². The molecule has 7 atom stereocenters. The number of aliphatic hydroxyl groups excluding tert-OH is 1. The van der Waals surface area contributed by atoms with Crippen molar-refractivity contribution in [3.63, 3.8) is 0 Å². The Morgan fingerprint density at radius 1 is 0.308 bits per heavy atom. The van der Waals surface area contributed by atoms with Gasteiger partial charge < -0.3 is 33.8 Å². The molecule has 0 heterocycles. The number of phosphoric acid groups is 2. The minimum Gasteiger partial charge on any atom is -0.462 e. The van der Waals surface area contributed by atoms with Gasteiger partial charge in [-0.25, -0.2) is 9.13 Å². The number of ether oxygens (including phenoxy) is 4. The van der Waals surface area contributed by atoms with E-state index >= 15 is 0 Å². The number of unbranched alkanes of at least 4 members (excludes halogenated alkanes) is 33. The second-order valence-corrected chi connectivity index (χ2v) is 30.3. The van der Waals surface area contributed by atoms with Gasteiger partial charge in [-0.3, -0.25) is 37.3 Å². The molecule has 0 fully saturated rings. The molecule has 3 N–H and O–H groups in total. The van der Waals surface area contributed by atoms with Crippen LogP contribution in [-0.4, -0.2) is 96.7 Å². The Bertz CT molecular complexity index is 1800. The third-order valence-corrected chi connectivity index (χ3v) is 19.2. The van der Waals surface area contributed by atoms with Gasteiger partial charge in [-0.05, 0) is 49.4 Å². The summed E-state index contributed by atoms with van der Waals surface area (Å²) in [5, 5.41) is 10.6. The maximum absolute atomic E-state index is 13.0. The molecule has 19 heteroatoms. The van der Waals surface area contributed by atoms with Crippen LogP contribution in [0.15, 0.2) is 0 Å². The maximum Gasteiger partial charge on any atom is 0.472 e. The van der Waals surface area contributed by atoms with E-state index in [1.807, 2.05) is 0 Å². The van der Waals surface area contributed by atoms with Gasteiger partial charge in [0.2, 0.25) is 0 Å². The summed E-state index contributed by atoms with van der Waals surface area (Å²) in [6, 6.07) is 0. The Kier molecular flexibility index (Phi) is 60.3. The zero-order valence-corrected chi connectivity index (χ0v) is 61.3. The maximum atomic E-state index is 13.0. The summed E-state index contributed by atoms with van der Waals surface area (Å²) >= 11 is 0. The Hall–Kier alpha value is -1.94. The number of hydrogen-bond acceptors (Lipinski definition) is 15. The Balaban J connectivity index is 5.21. The largest absolute Gasteiger partial charge is 0.472 e. The number of rotatable bonds is 69. The zero-order chi connectivity index (χ0) is 67.5. The number of carbonyl (C=O) groups is 4. The molecule has 0 radical (unpaired) electrons. The lowest BCUT2D eigenvalue weighted by Gasteiger charge is -2.21. The van der Waals surface area contributed by atoms with Crippen molar-refractivity contribution in [2.45, 2.75) is 375 Å². The second-order valence-electron chi connectivity index (χ2n) is 27.4. The van der Waals surface area contributed by atoms with Crippen molar-refractivity contribution < 1.29 is 80.2 Å². The van der Waals surface area contributed by atoms with E-state index in [2.05, 4.69) is 55.4 Å². The Morgan fingerprint density at radius 2 is 0.527 bits per heavy atom. The molecular formula is C72H140O17P2. The van der Waals surface area contributed by atoms with Crippen LogP contribution < -0.4 is 0 Å². The summed E-state index contributed by atoms with van der Waals surface area (Å²) < 4.78 is 68.3. The van der Waals surface area contributed by atoms with Gasteiger partial charge in [0.25, 0.3) is 0 Å². The number of esters is 4. The third-order valence-electron chi connectivity index (χ3n) is 17.3. The minimum absolute atomic E-state index is 0.104. The SMILES string of the molecule is CCC(C)CCCCCCCCCCC(=O)O[C@H](COC(=O)CCCCCCCCC(C)CC)COP(=O)(O)OC[C@H](O)COP(=O)(O)OC[C@@H](COC(=O)CCCCCCCCCCCCCCCCCC(C)C)OC(=O)CCCCCCCCCCC(C)C. The van der Waals surface area contributed by atoms with Crippen molar-refractivity contribution in [3.8, 4) is 0 Å². The molecule has 0 bridgehead atoms. The van der Waals surface area contributed by atoms with Crippen molar-refractivity contribution in [3.05, 3.63) is 0 Å². The smallest absolute Gasteiger partial charge is 0.462 e. The van der Waals surface area contributed by atoms with Gasteiger partial charge in [0.1, 0.15) is 19.3 Å². The van der Waals surface area contributed by atoms with Crippen LogP contribution in [0.5, 0.6) is 0 Å². The standard InChI is InChI=1S/C72H140O17P2/c1-9-64(7)50-42-34-26-21-23-29-39-47-55-72(77)89-68(59-83-70(75)53-45-37-31-30-35-43-51-65(8)10-2)61-87-91(80,81)85-57-66(73)56-84-90(78,79)86-60-67(88-71(76)54-46-38-28-22-20-25-33-41-49-63(5)6)58-82-69(74)52-44-36-27-19-17-15-13-11-12-14-16-18-24-32-40-48-62(3)4/h62-68,73H,9-61H2,1-8H3,(H,78,79)(H,80,81)/t64?,65?,66-,67-,68-/m1/s1. The lowest BCUT2D eigenvalue weighted by Crippen LogP contribution is -2.30. The topological polar surface area (TPSA) is 237 Å². The highest BCUT2D eigenvalue weighted by atomic mass is 31.2. The number of hydrogen-bond donors (Lipinski definition) is 3. The van der Waals surface area contributed by atoms with Crippen LogP contribution >= 0.6 is 15.6 Å². The van der Waals surface area contributed by atoms with Crippen LogP contribution in [0.25, 0.3) is 0 Å². The molecule has 0 spiro atoms. The van der Waals surface area contributed by atoms with Gasteiger partial charge in [-0.15, -0.1) is 0 Å². The molecule has 4 unspecified atom stereocenters. The Morgan fingerprint density at radius 3 is 0.780 bits per heavy atom. The first-order chi connectivity index (χ1) is 43.7. The second kappa shape index (κ2) is 61.6. The van der Waals surface area contributed by atoms with E-state index in [1.165, 1.54) is 154 Å². The first-order valence-electron chi connectivity index (χ1n) is 37.3. The predicted octanol–water partition coefficient (Wildman–Crippen LogP) is 20.5. The molecule has 540 valence electrons. The highest BCUT2D eigenvalue weighted by molar-refractivity contribution is 7.47. The molecule has 0 aliphatic heterocycles. The first kappa shape index (κ1) is 89.1. The van der Waals surface area contributed by atoms with E-state index in [4.69, 9.17) is 37.0 Å². The molecule has 0 saturated carbocycles. The summed E-state index contributed by atoms with van der Waals surface area (Å²) in [6.07, 6.45) is 44.5. The number of carbonyl (C=O) groups excluding carboxylic acids is 4. The molecule has 0 aliphatic rings. The third kappa shape index (κ3) is 63.9. The van der Waals surface area contributed by atoms with Crippen LogP contribution in [-0.2, 0) is 65.4 Å². The van der Waals surface area contributed by atoms with Crippen LogP contribution in [0.3, 0.4) is 0 Å². The lowest BCUT2D eigenvalue weighted by molar-refractivity contribution is -0.161. The van der Waals surface area contributed by atoms with Gasteiger partial charge in [-0.2, -0.15) is 0 Å². The van der Waals surface area contributed by atoms with E-state index in [0.29, 0.717) is 25.7 Å². The molecule has 0 aromatic heterocycles.